The number of carbonyl (C=O) groups excluding carboxylic acids is 1. The monoisotopic (exact) mass is 166 g/mol. The molecule has 1 heterocycles. The van der Waals surface area contributed by atoms with E-state index < -0.39 is 0 Å². The molecule has 2 fully saturated rings. The number of ether oxygens (including phenoxy) is 1. The highest BCUT2D eigenvalue weighted by Gasteiger charge is 2.57. The van der Waals surface area contributed by atoms with Crippen molar-refractivity contribution in [3.8, 4) is 0 Å². The second kappa shape index (κ2) is 1.91. The van der Waals surface area contributed by atoms with Gasteiger partial charge in [0.15, 0.2) is 0 Å². The van der Waals surface area contributed by atoms with Crippen LogP contribution in [0.15, 0.2) is 12.2 Å². The molecule has 1 N–H and O–H groups in total. The number of hydrogen-bond acceptors (Lipinski definition) is 3. The molecule has 3 heteroatoms. The van der Waals surface area contributed by atoms with Crippen molar-refractivity contribution in [3.63, 3.8) is 0 Å². The first-order valence-corrected chi connectivity index (χ1v) is 4.32. The lowest BCUT2D eigenvalue weighted by atomic mass is 9.86. The average molecular weight is 166 g/mol. The molecular weight excluding hydrogens is 156 g/mol. The molecule has 0 aromatic heterocycles. The zero-order valence-corrected chi connectivity index (χ0v) is 6.51. The van der Waals surface area contributed by atoms with Crippen LogP contribution in [0.5, 0.6) is 0 Å². The van der Waals surface area contributed by atoms with Gasteiger partial charge in [0.1, 0.15) is 0 Å². The second-order valence-corrected chi connectivity index (χ2v) is 3.85. The van der Waals surface area contributed by atoms with Gasteiger partial charge in [-0.2, -0.15) is 0 Å². The molecule has 0 aromatic carbocycles. The maximum Gasteiger partial charge on any atom is 0.310 e. The summed E-state index contributed by atoms with van der Waals surface area (Å²) in [6.07, 6.45) is 3.66. The summed E-state index contributed by atoms with van der Waals surface area (Å²) in [7, 11) is 0. The summed E-state index contributed by atoms with van der Waals surface area (Å²) in [5.41, 5.74) is 0. The minimum absolute atomic E-state index is 0.0370. The lowest BCUT2D eigenvalue weighted by Gasteiger charge is -2.13. The van der Waals surface area contributed by atoms with Gasteiger partial charge in [-0.1, -0.05) is 12.2 Å². The van der Waals surface area contributed by atoms with Crippen LogP contribution in [0.3, 0.4) is 0 Å². The van der Waals surface area contributed by atoms with E-state index in [1.807, 2.05) is 12.2 Å². The van der Waals surface area contributed by atoms with Crippen molar-refractivity contribution in [2.75, 3.05) is 6.61 Å². The summed E-state index contributed by atoms with van der Waals surface area (Å²) < 4.78 is 4.96. The third-order valence-electron chi connectivity index (χ3n) is 3.40. The zero-order valence-electron chi connectivity index (χ0n) is 6.51. The third-order valence-corrected chi connectivity index (χ3v) is 3.40. The Morgan fingerprint density at radius 2 is 2.17 bits per heavy atom. The van der Waals surface area contributed by atoms with Crippen molar-refractivity contribution in [1.29, 1.82) is 0 Å². The maximum absolute atomic E-state index is 11.2. The van der Waals surface area contributed by atoms with Crippen LogP contribution >= 0.6 is 0 Å². The number of esters is 1. The van der Waals surface area contributed by atoms with Crippen LogP contribution in [0.4, 0.5) is 0 Å². The van der Waals surface area contributed by atoms with Gasteiger partial charge >= 0.3 is 5.97 Å². The average Bonchev–Trinajstić information content (AvgIpc) is 2.66. The van der Waals surface area contributed by atoms with Crippen molar-refractivity contribution in [3.05, 3.63) is 12.2 Å². The van der Waals surface area contributed by atoms with E-state index in [0.29, 0.717) is 6.61 Å². The quantitative estimate of drug-likeness (QED) is 0.405. The van der Waals surface area contributed by atoms with Gasteiger partial charge in [0.2, 0.25) is 0 Å². The number of rotatable bonds is 0. The Morgan fingerprint density at radius 1 is 1.42 bits per heavy atom. The van der Waals surface area contributed by atoms with Crippen LogP contribution in [0, 0.1) is 23.7 Å². The van der Waals surface area contributed by atoms with Crippen LogP contribution in [-0.2, 0) is 9.53 Å². The molecule has 0 aromatic rings. The topological polar surface area (TPSA) is 46.5 Å². The van der Waals surface area contributed by atoms with Crippen molar-refractivity contribution >= 4 is 5.97 Å². The lowest BCUT2D eigenvalue weighted by Crippen LogP contribution is -2.21. The van der Waals surface area contributed by atoms with Gasteiger partial charge in [-0.15, -0.1) is 0 Å². The molecule has 0 amide bonds. The molecule has 1 aliphatic heterocycles. The highest BCUT2D eigenvalue weighted by atomic mass is 16.5. The first kappa shape index (κ1) is 6.66. The van der Waals surface area contributed by atoms with Crippen LogP contribution in [-0.4, -0.2) is 23.8 Å². The fraction of sp³-hybridized carbons (Fsp3) is 0.667. The van der Waals surface area contributed by atoms with Crippen LogP contribution < -0.4 is 0 Å². The Bertz CT molecular complexity index is 271. The molecule has 64 valence electrons. The highest BCUT2D eigenvalue weighted by Crippen LogP contribution is 2.51. The molecule has 0 radical (unpaired) electrons. The van der Waals surface area contributed by atoms with E-state index in [1.54, 1.807) is 0 Å². The van der Waals surface area contributed by atoms with Crippen molar-refractivity contribution in [2.45, 2.75) is 6.10 Å². The maximum atomic E-state index is 11.2. The van der Waals surface area contributed by atoms with Gasteiger partial charge < -0.3 is 9.84 Å². The van der Waals surface area contributed by atoms with E-state index in [2.05, 4.69) is 0 Å². The fourth-order valence-electron chi connectivity index (χ4n) is 2.82. The first-order chi connectivity index (χ1) is 5.79. The molecule has 12 heavy (non-hydrogen) atoms. The molecule has 1 saturated heterocycles. The second-order valence-electron chi connectivity index (χ2n) is 3.85. The van der Waals surface area contributed by atoms with E-state index in [9.17, 15) is 9.90 Å². The summed E-state index contributed by atoms with van der Waals surface area (Å²) >= 11 is 0. The molecule has 3 nitrogen and oxygen atoms in total. The molecule has 2 aliphatic carbocycles. The molecule has 3 aliphatic rings. The van der Waals surface area contributed by atoms with E-state index >= 15 is 0 Å². The normalized spacial score (nSPS) is 54.4. The van der Waals surface area contributed by atoms with Crippen molar-refractivity contribution < 1.29 is 14.6 Å². The van der Waals surface area contributed by atoms with E-state index in [4.69, 9.17) is 4.74 Å². The Labute approximate surface area is 70.0 Å². The van der Waals surface area contributed by atoms with Gasteiger partial charge in [0.25, 0.3) is 0 Å². The fourth-order valence-corrected chi connectivity index (χ4v) is 2.82. The van der Waals surface area contributed by atoms with Crippen LogP contribution in [0.1, 0.15) is 0 Å². The van der Waals surface area contributed by atoms with E-state index in [0.717, 1.165) is 0 Å². The van der Waals surface area contributed by atoms with Gasteiger partial charge in [-0.3, -0.25) is 4.79 Å². The summed E-state index contributed by atoms with van der Waals surface area (Å²) in [6, 6.07) is 0. The van der Waals surface area contributed by atoms with E-state index in [-0.39, 0.29) is 35.7 Å². The van der Waals surface area contributed by atoms with Crippen molar-refractivity contribution in [1.82, 2.24) is 0 Å². The number of cyclic esters (lactones) is 1. The summed E-state index contributed by atoms with van der Waals surface area (Å²) in [4.78, 5) is 11.2. The van der Waals surface area contributed by atoms with E-state index in [1.165, 1.54) is 0 Å². The molecule has 0 unspecified atom stereocenters. The molecule has 3 rings (SSSR count). The molecule has 0 spiro atoms. The largest absolute Gasteiger partial charge is 0.465 e. The zero-order chi connectivity index (χ0) is 8.29. The van der Waals surface area contributed by atoms with Crippen LogP contribution in [0.25, 0.3) is 0 Å². The van der Waals surface area contributed by atoms with Gasteiger partial charge in [0, 0.05) is 17.8 Å². The molecule has 5 atom stereocenters. The molecular formula is C9H10O3. The van der Waals surface area contributed by atoms with Gasteiger partial charge in [-0.25, -0.2) is 0 Å². The summed E-state index contributed by atoms with van der Waals surface area (Å²) in [5.74, 6) is 0.301. The molecule has 1 saturated carbocycles. The Balaban J connectivity index is 2.03. The van der Waals surface area contributed by atoms with Gasteiger partial charge in [-0.05, 0) is 0 Å². The minimum Gasteiger partial charge on any atom is -0.465 e. The van der Waals surface area contributed by atoms with Crippen LogP contribution in [0.2, 0.25) is 0 Å². The predicted molar refractivity (Wildman–Crippen MR) is 40.1 cm³/mol. The summed E-state index contributed by atoms with van der Waals surface area (Å²) in [6.45, 7) is 0.506. The highest BCUT2D eigenvalue weighted by molar-refractivity contribution is 5.77. The van der Waals surface area contributed by atoms with Crippen molar-refractivity contribution in [2.24, 2.45) is 23.7 Å². The summed E-state index contributed by atoms with van der Waals surface area (Å²) in [5, 5.41) is 9.68. The standard InChI is InChI=1S/C9H10O3/c10-8-4-1-2-5(8)7-6(4)3-12-9(7)11/h1-2,4-8,10H,3H2/t4-,5+,6+,7-,8+/m1/s1. The van der Waals surface area contributed by atoms with Gasteiger partial charge in [0.05, 0.1) is 18.6 Å². The predicted octanol–water partition coefficient (Wildman–Crippen LogP) is -0.0477. The Morgan fingerprint density at radius 3 is 2.92 bits per heavy atom. The number of fused-ring (bicyclic) bond motifs is 5. The number of aliphatic hydroxyl groups is 1. The Kier molecular flexibility index (Phi) is 1.06. The number of hydrogen-bond donors (Lipinski definition) is 1. The smallest absolute Gasteiger partial charge is 0.310 e. The first-order valence-electron chi connectivity index (χ1n) is 4.32. The molecule has 2 bridgehead atoms. The minimum atomic E-state index is -0.326. The lowest BCUT2D eigenvalue weighted by molar-refractivity contribution is -0.142. The third kappa shape index (κ3) is 0.556. The SMILES string of the molecule is O=C1OC[C@H]2[C@H]3C=C[C@H]([C@H]3O)[C@@H]12. The Hall–Kier alpha value is -0.830. The number of aliphatic hydroxyl groups excluding tert-OH is 1. The number of carbonyl (C=O) groups is 1.